The van der Waals surface area contributed by atoms with Gasteiger partial charge < -0.3 is 53.0 Å². The maximum atomic E-state index is 13.1. The Morgan fingerprint density at radius 3 is 2.33 bits per heavy atom. The van der Waals surface area contributed by atoms with Crippen LogP contribution in [0, 0.1) is 12.8 Å². The van der Waals surface area contributed by atoms with E-state index in [0.717, 1.165) is 36.8 Å². The monoisotopic (exact) mass is 786 g/mol. The van der Waals surface area contributed by atoms with Crippen molar-refractivity contribution in [3.63, 3.8) is 0 Å². The average molecular weight is 787 g/mol. The smallest absolute Gasteiger partial charge is 0.273 e. The summed E-state index contributed by atoms with van der Waals surface area (Å²) in [6.07, 6.45) is -0.975. The molecule has 2 aromatic carbocycles. The summed E-state index contributed by atoms with van der Waals surface area (Å²) in [6, 6.07) is 15.5. The predicted octanol–water partition coefficient (Wildman–Crippen LogP) is 1.07. The van der Waals surface area contributed by atoms with Crippen LogP contribution in [0.15, 0.2) is 48.5 Å². The number of aliphatic hydroxyl groups excluding tert-OH is 5. The van der Waals surface area contributed by atoms with Gasteiger partial charge in [0.25, 0.3) is 11.8 Å². The minimum Gasteiger partial charge on any atom is -0.394 e. The Kier molecular flexibility index (Phi) is 19.7. The molecule has 0 radical (unpaired) electrons. The Balaban J connectivity index is 1.54. The zero-order valence-electron chi connectivity index (χ0n) is 31.8. The summed E-state index contributed by atoms with van der Waals surface area (Å²) in [6.45, 7) is 6.27. The van der Waals surface area contributed by atoms with E-state index in [4.69, 9.17) is 28.2 Å². The van der Waals surface area contributed by atoms with Gasteiger partial charge in [0.15, 0.2) is 22.5 Å². The van der Waals surface area contributed by atoms with Crippen molar-refractivity contribution >= 4 is 35.1 Å². The summed E-state index contributed by atoms with van der Waals surface area (Å²) in [5.41, 5.74) is 15.2. The van der Waals surface area contributed by atoms with Gasteiger partial charge in [-0.05, 0) is 80.6 Å². The van der Waals surface area contributed by atoms with E-state index < -0.39 is 36.9 Å². The summed E-state index contributed by atoms with van der Waals surface area (Å²) in [5, 5.41) is 58.9. The zero-order valence-corrected chi connectivity index (χ0v) is 32.6. The first kappa shape index (κ1) is 45.5. The van der Waals surface area contributed by atoms with Crippen LogP contribution in [0.25, 0.3) is 0 Å². The number of amides is 2. The van der Waals surface area contributed by atoms with Gasteiger partial charge in [-0.2, -0.15) is 0 Å². The predicted molar refractivity (Wildman–Crippen MR) is 214 cm³/mol. The van der Waals surface area contributed by atoms with Gasteiger partial charge in [0.1, 0.15) is 18.3 Å². The lowest BCUT2D eigenvalue weighted by Gasteiger charge is -2.30. The molecule has 0 saturated carbocycles. The lowest BCUT2D eigenvalue weighted by atomic mass is 9.95. The number of benzene rings is 2. The molecule has 0 bridgehead atoms. The van der Waals surface area contributed by atoms with Gasteiger partial charge in [-0.3, -0.25) is 14.5 Å². The highest BCUT2D eigenvalue weighted by atomic mass is 35.5. The molecule has 0 saturated heterocycles. The lowest BCUT2D eigenvalue weighted by Crippen LogP contribution is -2.50. The molecule has 0 fully saturated rings. The molecule has 3 aromatic rings. The van der Waals surface area contributed by atoms with Crippen molar-refractivity contribution in [1.29, 1.82) is 0 Å². The van der Waals surface area contributed by atoms with E-state index in [1.54, 1.807) is 6.07 Å². The van der Waals surface area contributed by atoms with Gasteiger partial charge in [0, 0.05) is 31.7 Å². The maximum absolute atomic E-state index is 13.1. The second-order valence-electron chi connectivity index (χ2n) is 13.9. The second-order valence-corrected chi connectivity index (χ2v) is 14.3. The molecule has 5 atom stereocenters. The Morgan fingerprint density at radius 2 is 1.60 bits per heavy atom. The third-order valence-corrected chi connectivity index (χ3v) is 9.74. The van der Waals surface area contributed by atoms with E-state index in [2.05, 4.69) is 51.9 Å². The Labute approximate surface area is 328 Å². The number of carbonyl (C=O) groups is 2. The van der Waals surface area contributed by atoms with Crippen LogP contribution >= 0.6 is 11.6 Å². The number of anilines is 2. The van der Waals surface area contributed by atoms with Gasteiger partial charge in [0.05, 0.1) is 12.7 Å². The largest absolute Gasteiger partial charge is 0.394 e. The summed E-state index contributed by atoms with van der Waals surface area (Å²) >= 11 is 5.98. The number of nitrogens with two attached hydrogens (primary N) is 2. The van der Waals surface area contributed by atoms with Crippen molar-refractivity contribution in [3.05, 3.63) is 81.6 Å². The summed E-state index contributed by atoms with van der Waals surface area (Å²) < 4.78 is 0. The number of rotatable bonds is 25. The molecule has 0 aliphatic heterocycles. The highest BCUT2D eigenvalue weighted by Crippen LogP contribution is 2.18. The third kappa shape index (κ3) is 15.3. The number of hydrogen-bond acceptors (Lipinski definition) is 13. The van der Waals surface area contributed by atoms with Gasteiger partial charge >= 0.3 is 0 Å². The molecule has 16 heteroatoms. The number of hydrogen-bond donors (Lipinski definition) is 10. The number of carbonyl (C=O) groups excluding carboxylic acids is 2. The Bertz CT molecular complexity index is 1640. The molecule has 1 unspecified atom stereocenters. The quantitative estimate of drug-likeness (QED) is 0.0541. The topological polar surface area (TPSA) is 252 Å². The molecule has 55 heavy (non-hydrogen) atoms. The summed E-state index contributed by atoms with van der Waals surface area (Å²) in [7, 11) is 0. The maximum Gasteiger partial charge on any atom is 0.273 e. The first-order chi connectivity index (χ1) is 26.3. The van der Waals surface area contributed by atoms with Crippen LogP contribution in [-0.4, -0.2) is 129 Å². The first-order valence-corrected chi connectivity index (χ1v) is 19.3. The average Bonchev–Trinajstić information content (AvgIpc) is 3.18. The van der Waals surface area contributed by atoms with Gasteiger partial charge in [-0.15, -0.1) is 0 Å². The third-order valence-electron chi connectivity index (χ3n) is 9.47. The first-order valence-electron chi connectivity index (χ1n) is 18.9. The molecule has 12 N–H and O–H groups in total. The van der Waals surface area contributed by atoms with Crippen LogP contribution in [0.1, 0.15) is 70.1 Å². The van der Waals surface area contributed by atoms with E-state index in [1.807, 2.05) is 35.2 Å². The fourth-order valence-electron chi connectivity index (χ4n) is 6.12. The molecule has 0 spiro atoms. The minimum absolute atomic E-state index is 0.0137. The Morgan fingerprint density at radius 1 is 0.855 bits per heavy atom. The van der Waals surface area contributed by atoms with Crippen LogP contribution < -0.4 is 27.4 Å². The number of nitrogens with one attached hydrogen (secondary N) is 3. The molecular weight excluding hydrogens is 728 g/mol. The number of nitrogens with zero attached hydrogens (tertiary/aromatic N) is 3. The number of aryl methyl sites for hydroxylation is 1. The number of halogens is 1. The molecule has 3 rings (SSSR count). The Hall–Kier alpha value is -3.93. The minimum atomic E-state index is -1.70. The van der Waals surface area contributed by atoms with Crippen molar-refractivity contribution in [2.24, 2.45) is 5.92 Å². The van der Waals surface area contributed by atoms with Crippen LogP contribution in [0.3, 0.4) is 0 Å². The van der Waals surface area contributed by atoms with Gasteiger partial charge in [-0.25, -0.2) is 9.97 Å². The molecule has 1 heterocycles. The molecular formula is C39H59ClN8O7. The second kappa shape index (κ2) is 23.9. The van der Waals surface area contributed by atoms with Crippen LogP contribution in [0.5, 0.6) is 0 Å². The fourth-order valence-corrected chi connectivity index (χ4v) is 6.25. The number of aromatic nitrogens is 2. The van der Waals surface area contributed by atoms with Crippen molar-refractivity contribution in [2.45, 2.75) is 76.8 Å². The number of aliphatic hydroxyl groups is 5. The van der Waals surface area contributed by atoms with Crippen molar-refractivity contribution in [3.8, 4) is 0 Å². The SMILES string of the molecule is CCCCCCN(CCNC(=O)c1cccc(CCNCC(CNC(=O)c2nc(Cl)c(N)nc2N)Cc2ccccc2C)c1)C[C@H](O)[C@@H](O)[C@H](O)[C@H](O)CO. The zero-order chi connectivity index (χ0) is 40.3. The van der Waals surface area contributed by atoms with E-state index >= 15 is 0 Å². The highest BCUT2D eigenvalue weighted by molar-refractivity contribution is 6.31. The van der Waals surface area contributed by atoms with E-state index in [1.165, 1.54) is 5.56 Å². The molecule has 15 nitrogen and oxygen atoms in total. The van der Waals surface area contributed by atoms with Gasteiger partial charge in [0.2, 0.25) is 0 Å². The van der Waals surface area contributed by atoms with E-state index in [-0.39, 0.29) is 47.4 Å². The fraction of sp³-hybridized carbons (Fsp3) is 0.538. The molecule has 0 aliphatic carbocycles. The molecule has 2 amide bonds. The molecule has 1 aromatic heterocycles. The lowest BCUT2D eigenvalue weighted by molar-refractivity contribution is -0.119. The van der Waals surface area contributed by atoms with E-state index in [0.29, 0.717) is 51.1 Å². The normalized spacial score (nSPS) is 14.3. The number of unbranched alkanes of at least 4 members (excludes halogenated alkanes) is 3. The molecule has 304 valence electrons. The summed E-state index contributed by atoms with van der Waals surface area (Å²) in [4.78, 5) is 35.9. The van der Waals surface area contributed by atoms with Crippen LogP contribution in [-0.2, 0) is 12.8 Å². The van der Waals surface area contributed by atoms with Crippen molar-refractivity contribution < 1.29 is 35.1 Å². The number of nitrogen functional groups attached to an aromatic ring is 2. The highest BCUT2D eigenvalue weighted by Gasteiger charge is 2.31. The standard InChI is InChI=1S/C39H59ClN8O7/c1-3-4-5-8-17-48(23-30(50)33(52)34(53)31(51)24-49)18-16-44-38(54)29-13-9-11-26(19-29)14-15-43-21-27(20-28-12-7-6-10-25(28)2)22-45-39(55)32-36(41)47-37(42)35(40)46-32/h6-7,9-13,19,27,30-31,33-34,43,49-53H,3-5,8,14-18,20-24H2,1-2H3,(H,44,54)(H,45,55)(H4,41,42,47)/t27?,30-,31+,33+,34+/m0/s1. The summed E-state index contributed by atoms with van der Waals surface area (Å²) in [5.74, 6) is -0.874. The van der Waals surface area contributed by atoms with Crippen LogP contribution in [0.2, 0.25) is 5.15 Å². The van der Waals surface area contributed by atoms with Crippen molar-refractivity contribution in [1.82, 2.24) is 30.8 Å². The van der Waals surface area contributed by atoms with Crippen molar-refractivity contribution in [2.75, 3.05) is 63.9 Å². The molecule has 0 aliphatic rings. The van der Waals surface area contributed by atoms with Crippen LogP contribution in [0.4, 0.5) is 11.6 Å². The van der Waals surface area contributed by atoms with E-state index in [9.17, 15) is 30.0 Å². The van der Waals surface area contributed by atoms with Gasteiger partial charge in [-0.1, -0.05) is 74.2 Å².